The van der Waals surface area contributed by atoms with Crippen LogP contribution < -0.4 is 10.1 Å². The summed E-state index contributed by atoms with van der Waals surface area (Å²) >= 11 is 0. The first-order chi connectivity index (χ1) is 7.02. The summed E-state index contributed by atoms with van der Waals surface area (Å²) in [5.41, 5.74) is 1.65. The minimum atomic E-state index is -0.170. The molecule has 2 rings (SSSR count). The van der Waals surface area contributed by atoms with Crippen LogP contribution in [0.4, 0.5) is 0 Å². The lowest BCUT2D eigenvalue weighted by molar-refractivity contribution is 0.0897. The molecule has 1 aromatic carbocycles. The van der Waals surface area contributed by atoms with Gasteiger partial charge in [-0.05, 0) is 44.0 Å². The van der Waals surface area contributed by atoms with Crippen molar-refractivity contribution in [3.05, 3.63) is 29.3 Å². The number of rotatable bonds is 1. The van der Waals surface area contributed by atoms with Crippen LogP contribution in [0, 0.1) is 0 Å². The Bertz CT molecular complexity index is 410. The lowest BCUT2D eigenvalue weighted by atomic mass is 9.87. The Morgan fingerprint density at radius 3 is 2.80 bits per heavy atom. The molecule has 0 saturated carbocycles. The summed E-state index contributed by atoms with van der Waals surface area (Å²) in [7, 11) is 1.63. The average Bonchev–Trinajstić information content (AvgIpc) is 2.14. The molecule has 0 unspecified atom stereocenters. The molecule has 0 saturated heterocycles. The van der Waals surface area contributed by atoms with E-state index in [9.17, 15) is 4.79 Å². The molecule has 1 aromatic rings. The maximum absolute atomic E-state index is 11.7. The van der Waals surface area contributed by atoms with Gasteiger partial charge in [0.2, 0.25) is 0 Å². The van der Waals surface area contributed by atoms with Crippen molar-refractivity contribution < 1.29 is 9.53 Å². The minimum Gasteiger partial charge on any atom is -0.497 e. The van der Waals surface area contributed by atoms with Crippen molar-refractivity contribution in [2.45, 2.75) is 25.8 Å². The Labute approximate surface area is 89.4 Å². The molecule has 0 radical (unpaired) electrons. The third-order valence-corrected chi connectivity index (χ3v) is 2.64. The Balaban J connectivity index is 2.46. The molecule has 1 aliphatic rings. The van der Waals surface area contributed by atoms with E-state index in [4.69, 9.17) is 4.74 Å². The van der Waals surface area contributed by atoms with Crippen LogP contribution in [-0.4, -0.2) is 18.6 Å². The van der Waals surface area contributed by atoms with E-state index in [2.05, 4.69) is 5.32 Å². The first-order valence-electron chi connectivity index (χ1n) is 5.01. The number of hydrogen-bond donors (Lipinski definition) is 1. The molecular weight excluding hydrogens is 190 g/mol. The van der Waals surface area contributed by atoms with Crippen molar-refractivity contribution >= 4 is 5.91 Å². The Morgan fingerprint density at radius 1 is 1.40 bits per heavy atom. The standard InChI is InChI=1S/C12H15NO2/c1-12(2)7-8-6-9(15-3)4-5-10(8)11(14)13-12/h4-6H,7H2,1-3H3,(H,13,14). The second-order valence-electron chi connectivity index (χ2n) is 4.54. The first kappa shape index (κ1) is 10.0. The van der Waals surface area contributed by atoms with Crippen molar-refractivity contribution in [2.75, 3.05) is 7.11 Å². The number of nitrogens with one attached hydrogen (secondary N) is 1. The lowest BCUT2D eigenvalue weighted by Crippen LogP contribution is -2.49. The van der Waals surface area contributed by atoms with Crippen molar-refractivity contribution in [3.63, 3.8) is 0 Å². The van der Waals surface area contributed by atoms with E-state index in [-0.39, 0.29) is 11.4 Å². The number of benzene rings is 1. The average molecular weight is 205 g/mol. The fourth-order valence-corrected chi connectivity index (χ4v) is 1.96. The van der Waals surface area contributed by atoms with Crippen LogP contribution in [0.3, 0.4) is 0 Å². The van der Waals surface area contributed by atoms with Gasteiger partial charge in [0.1, 0.15) is 5.75 Å². The summed E-state index contributed by atoms with van der Waals surface area (Å²) in [6.07, 6.45) is 0.839. The highest BCUT2D eigenvalue weighted by Gasteiger charge is 2.29. The Morgan fingerprint density at radius 2 is 2.13 bits per heavy atom. The predicted octanol–water partition coefficient (Wildman–Crippen LogP) is 1.76. The van der Waals surface area contributed by atoms with Crippen LogP contribution in [0.15, 0.2) is 18.2 Å². The third kappa shape index (κ3) is 1.82. The van der Waals surface area contributed by atoms with E-state index in [1.807, 2.05) is 32.0 Å². The van der Waals surface area contributed by atoms with Crippen LogP contribution in [0.5, 0.6) is 5.75 Å². The summed E-state index contributed by atoms with van der Waals surface area (Å²) in [4.78, 5) is 11.7. The van der Waals surface area contributed by atoms with E-state index in [0.29, 0.717) is 0 Å². The summed E-state index contributed by atoms with van der Waals surface area (Å²) in [6.45, 7) is 4.04. The first-order valence-corrected chi connectivity index (χ1v) is 5.01. The van der Waals surface area contributed by atoms with Gasteiger partial charge in [0.05, 0.1) is 7.11 Å². The number of methoxy groups -OCH3 is 1. The van der Waals surface area contributed by atoms with Crippen LogP contribution in [0.1, 0.15) is 29.8 Å². The molecule has 0 fully saturated rings. The Hall–Kier alpha value is -1.51. The molecule has 1 N–H and O–H groups in total. The molecule has 15 heavy (non-hydrogen) atoms. The molecule has 0 bridgehead atoms. The topological polar surface area (TPSA) is 38.3 Å². The van der Waals surface area contributed by atoms with Gasteiger partial charge in [-0.1, -0.05) is 0 Å². The maximum atomic E-state index is 11.7. The van der Waals surface area contributed by atoms with Gasteiger partial charge < -0.3 is 10.1 Å². The van der Waals surface area contributed by atoms with Gasteiger partial charge in [0.15, 0.2) is 0 Å². The SMILES string of the molecule is COc1ccc2c(c1)CC(C)(C)NC2=O. The zero-order valence-corrected chi connectivity index (χ0v) is 9.26. The predicted molar refractivity (Wildman–Crippen MR) is 58.2 cm³/mol. The lowest BCUT2D eigenvalue weighted by Gasteiger charge is -2.32. The molecule has 0 spiro atoms. The van der Waals surface area contributed by atoms with Gasteiger partial charge in [-0.3, -0.25) is 4.79 Å². The second kappa shape index (κ2) is 3.26. The molecule has 1 amide bonds. The van der Waals surface area contributed by atoms with Gasteiger partial charge in [-0.25, -0.2) is 0 Å². The molecule has 3 heteroatoms. The third-order valence-electron chi connectivity index (χ3n) is 2.64. The maximum Gasteiger partial charge on any atom is 0.251 e. The molecule has 0 aliphatic carbocycles. The number of amides is 1. The van der Waals surface area contributed by atoms with E-state index in [0.717, 1.165) is 23.3 Å². The van der Waals surface area contributed by atoms with E-state index in [1.54, 1.807) is 7.11 Å². The van der Waals surface area contributed by atoms with Crippen LogP contribution >= 0.6 is 0 Å². The quantitative estimate of drug-likeness (QED) is 0.758. The summed E-state index contributed by atoms with van der Waals surface area (Å²) in [5, 5.41) is 2.97. The van der Waals surface area contributed by atoms with E-state index < -0.39 is 0 Å². The number of hydrogen-bond acceptors (Lipinski definition) is 2. The molecule has 0 atom stereocenters. The van der Waals surface area contributed by atoms with Crippen molar-refractivity contribution in [1.82, 2.24) is 5.32 Å². The van der Waals surface area contributed by atoms with Crippen LogP contribution in [0.2, 0.25) is 0 Å². The number of carbonyl (C=O) groups excluding carboxylic acids is 1. The second-order valence-corrected chi connectivity index (χ2v) is 4.54. The molecule has 80 valence electrons. The summed E-state index contributed by atoms with van der Waals surface area (Å²) < 4.78 is 5.15. The van der Waals surface area contributed by atoms with Gasteiger partial charge in [-0.15, -0.1) is 0 Å². The molecular formula is C12H15NO2. The summed E-state index contributed by atoms with van der Waals surface area (Å²) in [5.74, 6) is 0.808. The fraction of sp³-hybridized carbons (Fsp3) is 0.417. The van der Waals surface area contributed by atoms with Crippen LogP contribution in [-0.2, 0) is 6.42 Å². The van der Waals surface area contributed by atoms with Crippen molar-refractivity contribution in [1.29, 1.82) is 0 Å². The highest BCUT2D eigenvalue weighted by molar-refractivity contribution is 5.97. The normalized spacial score (nSPS) is 17.9. The Kier molecular flexibility index (Phi) is 2.18. The van der Waals surface area contributed by atoms with E-state index >= 15 is 0 Å². The van der Waals surface area contributed by atoms with Crippen molar-refractivity contribution in [3.8, 4) is 5.75 Å². The van der Waals surface area contributed by atoms with Gasteiger partial charge in [0.25, 0.3) is 5.91 Å². The zero-order chi connectivity index (χ0) is 11.1. The summed E-state index contributed by atoms with van der Waals surface area (Å²) in [6, 6.07) is 5.57. The number of ether oxygens (including phenoxy) is 1. The largest absolute Gasteiger partial charge is 0.497 e. The van der Waals surface area contributed by atoms with Gasteiger partial charge >= 0.3 is 0 Å². The van der Waals surface area contributed by atoms with Crippen molar-refractivity contribution in [2.24, 2.45) is 0 Å². The molecule has 1 heterocycles. The molecule has 0 aromatic heterocycles. The monoisotopic (exact) mass is 205 g/mol. The zero-order valence-electron chi connectivity index (χ0n) is 9.26. The number of carbonyl (C=O) groups is 1. The van der Waals surface area contributed by atoms with Gasteiger partial charge in [-0.2, -0.15) is 0 Å². The smallest absolute Gasteiger partial charge is 0.251 e. The molecule has 1 aliphatic heterocycles. The van der Waals surface area contributed by atoms with Crippen LogP contribution in [0.25, 0.3) is 0 Å². The molecule has 3 nitrogen and oxygen atoms in total. The highest BCUT2D eigenvalue weighted by Crippen LogP contribution is 2.26. The van der Waals surface area contributed by atoms with Gasteiger partial charge in [0, 0.05) is 11.1 Å². The number of fused-ring (bicyclic) bond motifs is 1. The highest BCUT2D eigenvalue weighted by atomic mass is 16.5. The minimum absolute atomic E-state index is 0.00361. The fourth-order valence-electron chi connectivity index (χ4n) is 1.96. The van der Waals surface area contributed by atoms with E-state index in [1.165, 1.54) is 0 Å².